The van der Waals surface area contributed by atoms with Gasteiger partial charge in [0.25, 0.3) is 0 Å². The van der Waals surface area contributed by atoms with Crippen LogP contribution in [-0.4, -0.2) is 33.9 Å². The molecule has 154 valence electrons. The number of amides is 1. The molecule has 8 heteroatoms. The fourth-order valence-corrected chi connectivity index (χ4v) is 4.94. The summed E-state index contributed by atoms with van der Waals surface area (Å²) in [7, 11) is 0. The number of carbonyl (C=O) groups is 1. The van der Waals surface area contributed by atoms with Crippen LogP contribution in [0, 0.1) is 6.92 Å². The van der Waals surface area contributed by atoms with Crippen LogP contribution >= 0.6 is 23.4 Å². The highest BCUT2D eigenvalue weighted by Gasteiger charge is 2.25. The van der Waals surface area contributed by atoms with Crippen molar-refractivity contribution in [3.8, 4) is 0 Å². The zero-order valence-electron chi connectivity index (χ0n) is 16.4. The number of rotatable bonds is 6. The van der Waals surface area contributed by atoms with Crippen LogP contribution in [-0.2, 0) is 28.9 Å². The van der Waals surface area contributed by atoms with E-state index in [1.165, 1.54) is 11.8 Å². The van der Waals surface area contributed by atoms with E-state index < -0.39 is 0 Å². The lowest BCUT2D eigenvalue weighted by molar-refractivity contribution is -0.113. The fraction of sp³-hybridized carbons (Fsp3) is 0.476. The van der Waals surface area contributed by atoms with Gasteiger partial charge in [-0.2, -0.15) is 4.98 Å². The number of carbonyl (C=O) groups excluding carboxylic acids is 1. The van der Waals surface area contributed by atoms with Crippen LogP contribution in [0.3, 0.4) is 0 Å². The van der Waals surface area contributed by atoms with Crippen molar-refractivity contribution in [2.75, 3.05) is 17.7 Å². The van der Waals surface area contributed by atoms with Crippen LogP contribution in [0.15, 0.2) is 28.0 Å². The molecule has 0 bridgehead atoms. The lowest BCUT2D eigenvalue weighted by atomic mass is 10.2. The number of anilines is 1. The van der Waals surface area contributed by atoms with Crippen LogP contribution in [0.4, 0.5) is 5.69 Å². The van der Waals surface area contributed by atoms with Crippen molar-refractivity contribution < 1.29 is 9.53 Å². The van der Waals surface area contributed by atoms with E-state index in [4.69, 9.17) is 16.3 Å². The SMILES string of the molecule is Cc1ccc(NC(=O)CSc2nc(=O)n(CC3CCCO3)c3c2CCC3)cc1Cl. The van der Waals surface area contributed by atoms with Gasteiger partial charge in [-0.15, -0.1) is 0 Å². The molecular formula is C21H24ClN3O3S. The molecule has 1 unspecified atom stereocenters. The van der Waals surface area contributed by atoms with Gasteiger partial charge in [-0.1, -0.05) is 29.4 Å². The van der Waals surface area contributed by atoms with Crippen molar-refractivity contribution in [2.24, 2.45) is 0 Å². The number of halogens is 1. The molecule has 1 aliphatic carbocycles. The smallest absolute Gasteiger partial charge is 0.348 e. The van der Waals surface area contributed by atoms with Crippen LogP contribution in [0.5, 0.6) is 0 Å². The van der Waals surface area contributed by atoms with Gasteiger partial charge >= 0.3 is 5.69 Å². The maximum absolute atomic E-state index is 12.7. The van der Waals surface area contributed by atoms with E-state index in [0.717, 1.165) is 55.5 Å². The molecule has 2 aliphatic rings. The number of aromatic nitrogens is 2. The second-order valence-electron chi connectivity index (χ2n) is 7.52. The van der Waals surface area contributed by atoms with Gasteiger partial charge in [0.05, 0.1) is 18.4 Å². The first kappa shape index (κ1) is 20.4. The first-order valence-electron chi connectivity index (χ1n) is 9.94. The first-order valence-corrected chi connectivity index (χ1v) is 11.3. The summed E-state index contributed by atoms with van der Waals surface area (Å²) in [5, 5.41) is 4.15. The zero-order chi connectivity index (χ0) is 20.4. The third-order valence-electron chi connectivity index (χ3n) is 5.41. The van der Waals surface area contributed by atoms with E-state index in [9.17, 15) is 9.59 Å². The molecule has 29 heavy (non-hydrogen) atoms. The Bertz CT molecular complexity index is 986. The molecule has 1 saturated heterocycles. The lowest BCUT2D eigenvalue weighted by Gasteiger charge is -2.17. The highest BCUT2D eigenvalue weighted by molar-refractivity contribution is 8.00. The minimum Gasteiger partial charge on any atom is -0.376 e. The van der Waals surface area contributed by atoms with Crippen LogP contribution in [0.25, 0.3) is 0 Å². The van der Waals surface area contributed by atoms with Gasteiger partial charge < -0.3 is 10.1 Å². The molecule has 0 spiro atoms. The molecule has 2 aromatic rings. The molecule has 1 N–H and O–H groups in total. The Labute approximate surface area is 179 Å². The predicted octanol–water partition coefficient (Wildman–Crippen LogP) is 3.60. The monoisotopic (exact) mass is 433 g/mol. The van der Waals surface area contributed by atoms with E-state index >= 15 is 0 Å². The number of benzene rings is 1. The Balaban J connectivity index is 1.45. The minimum atomic E-state index is -0.241. The molecule has 1 amide bonds. The van der Waals surface area contributed by atoms with Gasteiger partial charge in [0.2, 0.25) is 5.91 Å². The van der Waals surface area contributed by atoms with Crippen molar-refractivity contribution in [3.05, 3.63) is 50.5 Å². The molecule has 1 aromatic heterocycles. The molecule has 1 aliphatic heterocycles. The zero-order valence-corrected chi connectivity index (χ0v) is 17.9. The third kappa shape index (κ3) is 4.68. The molecule has 1 aromatic carbocycles. The summed E-state index contributed by atoms with van der Waals surface area (Å²) in [5.74, 6) is 0.0483. The van der Waals surface area contributed by atoms with E-state index in [-0.39, 0.29) is 23.5 Å². The maximum Gasteiger partial charge on any atom is 0.348 e. The summed E-state index contributed by atoms with van der Waals surface area (Å²) in [6.07, 6.45) is 4.91. The number of ether oxygens (including phenoxy) is 1. The van der Waals surface area contributed by atoms with Crippen LogP contribution in [0.2, 0.25) is 5.02 Å². The molecule has 4 rings (SSSR count). The largest absolute Gasteiger partial charge is 0.376 e. The Morgan fingerprint density at radius 3 is 3.00 bits per heavy atom. The van der Waals surface area contributed by atoms with Crippen molar-refractivity contribution in [1.29, 1.82) is 0 Å². The van der Waals surface area contributed by atoms with Crippen LogP contribution in [0.1, 0.15) is 36.1 Å². The van der Waals surface area contributed by atoms with Crippen LogP contribution < -0.4 is 11.0 Å². The van der Waals surface area contributed by atoms with Gasteiger partial charge in [-0.25, -0.2) is 4.79 Å². The summed E-state index contributed by atoms with van der Waals surface area (Å²) in [6.45, 7) is 3.26. The Kier molecular flexibility index (Phi) is 6.27. The summed E-state index contributed by atoms with van der Waals surface area (Å²) >= 11 is 7.44. The maximum atomic E-state index is 12.7. The van der Waals surface area contributed by atoms with E-state index in [1.54, 1.807) is 10.6 Å². The van der Waals surface area contributed by atoms with Crippen molar-refractivity contribution >= 4 is 35.0 Å². The Hall–Kier alpha value is -1.83. The van der Waals surface area contributed by atoms with Gasteiger partial charge in [-0.05, 0) is 56.7 Å². The van der Waals surface area contributed by atoms with Crippen molar-refractivity contribution in [2.45, 2.75) is 56.7 Å². The highest BCUT2D eigenvalue weighted by atomic mass is 35.5. The summed E-state index contributed by atoms with van der Waals surface area (Å²) in [5.41, 5.74) is 3.56. The average molecular weight is 434 g/mol. The summed E-state index contributed by atoms with van der Waals surface area (Å²) in [4.78, 5) is 29.3. The van der Waals surface area contributed by atoms with Crippen molar-refractivity contribution in [1.82, 2.24) is 9.55 Å². The molecule has 0 saturated carbocycles. The topological polar surface area (TPSA) is 73.2 Å². The van der Waals surface area contributed by atoms with E-state index in [2.05, 4.69) is 10.3 Å². The van der Waals surface area contributed by atoms with Gasteiger partial charge in [0.1, 0.15) is 5.03 Å². The molecule has 2 heterocycles. The number of fused-ring (bicyclic) bond motifs is 1. The van der Waals surface area contributed by atoms with Crippen molar-refractivity contribution in [3.63, 3.8) is 0 Å². The third-order valence-corrected chi connectivity index (χ3v) is 6.83. The molecule has 0 radical (unpaired) electrons. The average Bonchev–Trinajstić information content (AvgIpc) is 3.37. The number of thioether (sulfide) groups is 1. The number of aryl methyl sites for hydroxylation is 1. The second-order valence-corrected chi connectivity index (χ2v) is 8.90. The first-order chi connectivity index (χ1) is 14.0. The normalized spacial score (nSPS) is 18.1. The Morgan fingerprint density at radius 1 is 1.38 bits per heavy atom. The standard InChI is InChI=1S/C21H24ClN3O3S/c1-13-7-8-14(10-17(13)22)23-19(26)12-29-20-16-5-2-6-18(16)25(21(27)24-20)11-15-4-3-9-28-15/h7-8,10,15H,2-6,9,11-12H2,1H3,(H,23,26). The quantitative estimate of drug-likeness (QED) is 0.556. The number of hydrogen-bond acceptors (Lipinski definition) is 5. The number of nitrogens with zero attached hydrogens (tertiary/aromatic N) is 2. The minimum absolute atomic E-state index is 0.102. The molecule has 1 fully saturated rings. The predicted molar refractivity (Wildman–Crippen MR) is 115 cm³/mol. The van der Waals surface area contributed by atoms with Gasteiger partial charge in [0.15, 0.2) is 0 Å². The molecule has 1 atom stereocenters. The Morgan fingerprint density at radius 2 is 2.24 bits per heavy atom. The number of hydrogen-bond donors (Lipinski definition) is 1. The fourth-order valence-electron chi connectivity index (χ4n) is 3.89. The van der Waals surface area contributed by atoms with Gasteiger partial charge in [0, 0.05) is 28.6 Å². The summed E-state index contributed by atoms with van der Waals surface area (Å²) < 4.78 is 7.49. The second kappa shape index (κ2) is 8.90. The number of nitrogens with one attached hydrogen (secondary N) is 1. The molecule has 6 nitrogen and oxygen atoms in total. The highest BCUT2D eigenvalue weighted by Crippen LogP contribution is 2.30. The molecular weight excluding hydrogens is 410 g/mol. The lowest BCUT2D eigenvalue weighted by Crippen LogP contribution is -2.31. The van der Waals surface area contributed by atoms with Gasteiger partial charge in [-0.3, -0.25) is 9.36 Å². The van der Waals surface area contributed by atoms with E-state index in [0.29, 0.717) is 22.3 Å². The van der Waals surface area contributed by atoms with E-state index in [1.807, 2.05) is 19.1 Å². The summed E-state index contributed by atoms with van der Waals surface area (Å²) in [6, 6.07) is 5.43.